The molecule has 12 nitrogen and oxygen atoms in total. The Labute approximate surface area is 249 Å². The summed E-state index contributed by atoms with van der Waals surface area (Å²) in [6.07, 6.45) is 4.00. The van der Waals surface area contributed by atoms with E-state index in [2.05, 4.69) is 20.6 Å². The second kappa shape index (κ2) is 15.2. The van der Waals surface area contributed by atoms with Gasteiger partial charge in [-0.2, -0.15) is 0 Å². The van der Waals surface area contributed by atoms with Crippen LogP contribution in [0.4, 0.5) is 11.5 Å². The van der Waals surface area contributed by atoms with E-state index in [1.165, 1.54) is 29.5 Å². The molecule has 0 saturated heterocycles. The highest BCUT2D eigenvalue weighted by atomic mass is 32.1. The molecule has 0 aliphatic carbocycles. The van der Waals surface area contributed by atoms with Gasteiger partial charge in [0.1, 0.15) is 16.4 Å². The molecule has 2 aromatic heterocycles. The van der Waals surface area contributed by atoms with Crippen molar-refractivity contribution in [3.8, 4) is 16.3 Å². The van der Waals surface area contributed by atoms with Crippen molar-refractivity contribution in [1.29, 1.82) is 0 Å². The lowest BCUT2D eigenvalue weighted by Crippen LogP contribution is -2.31. The zero-order chi connectivity index (χ0) is 30.7. The molecule has 3 aromatic rings. The smallest absolute Gasteiger partial charge is 0.358 e. The minimum absolute atomic E-state index is 0.0800. The van der Waals surface area contributed by atoms with E-state index in [1.54, 1.807) is 11.6 Å². The Morgan fingerprint density at radius 2 is 1.88 bits per heavy atom. The molecule has 226 valence electrons. The number of nitrogens with zero attached hydrogens (tertiary/aromatic N) is 4. The van der Waals surface area contributed by atoms with Crippen LogP contribution in [0, 0.1) is 10.1 Å². The number of nitro groups is 1. The largest absolute Gasteiger partial charge is 0.487 e. The molecule has 3 rings (SSSR count). The van der Waals surface area contributed by atoms with Crippen LogP contribution in [0.25, 0.3) is 10.6 Å². The van der Waals surface area contributed by atoms with Crippen molar-refractivity contribution in [2.75, 3.05) is 45.7 Å². The Balaban J connectivity index is 1.44. The predicted octanol–water partition coefficient (Wildman–Crippen LogP) is 5.02. The number of nitro benzene ring substituents is 1. The molecular formula is C29H38N6O6S. The van der Waals surface area contributed by atoms with Gasteiger partial charge in [-0.25, -0.2) is 14.8 Å². The highest BCUT2D eigenvalue weighted by molar-refractivity contribution is 7.13. The van der Waals surface area contributed by atoms with E-state index >= 15 is 0 Å². The highest BCUT2D eigenvalue weighted by Crippen LogP contribution is 2.29. The number of ether oxygens (including phenoxy) is 2. The third kappa shape index (κ3) is 10.4. The van der Waals surface area contributed by atoms with E-state index in [1.807, 2.05) is 51.9 Å². The summed E-state index contributed by atoms with van der Waals surface area (Å²) >= 11 is 1.36. The number of pyridine rings is 1. The van der Waals surface area contributed by atoms with Gasteiger partial charge in [0.15, 0.2) is 11.4 Å². The topological polar surface area (TPSA) is 149 Å². The van der Waals surface area contributed by atoms with Crippen LogP contribution in [-0.2, 0) is 4.74 Å². The lowest BCUT2D eigenvalue weighted by molar-refractivity contribution is -0.385. The van der Waals surface area contributed by atoms with Crippen molar-refractivity contribution in [1.82, 2.24) is 20.2 Å². The molecule has 13 heteroatoms. The summed E-state index contributed by atoms with van der Waals surface area (Å²) in [5, 5.41) is 19.9. The van der Waals surface area contributed by atoms with E-state index in [-0.39, 0.29) is 29.6 Å². The average Bonchev–Trinajstić information content (AvgIpc) is 3.42. The first kappa shape index (κ1) is 32.4. The zero-order valence-electron chi connectivity index (χ0n) is 24.6. The van der Waals surface area contributed by atoms with Crippen LogP contribution in [0.3, 0.4) is 0 Å². The summed E-state index contributed by atoms with van der Waals surface area (Å²) in [6.45, 7) is 7.53. The van der Waals surface area contributed by atoms with Crippen LogP contribution in [0.1, 0.15) is 60.9 Å². The summed E-state index contributed by atoms with van der Waals surface area (Å²) in [7, 11) is 3.81. The van der Waals surface area contributed by atoms with Crippen molar-refractivity contribution >= 4 is 34.7 Å². The monoisotopic (exact) mass is 598 g/mol. The number of esters is 1. The maximum atomic E-state index is 12.4. The van der Waals surface area contributed by atoms with Crippen LogP contribution in [-0.4, -0.2) is 77.6 Å². The number of carbonyl (C=O) groups excluding carboxylic acids is 2. The van der Waals surface area contributed by atoms with Crippen molar-refractivity contribution in [2.24, 2.45) is 0 Å². The number of likely N-dealkylation sites (N-methyl/N-ethyl adjacent to an activating group) is 1. The van der Waals surface area contributed by atoms with Gasteiger partial charge in [0.25, 0.3) is 5.91 Å². The summed E-state index contributed by atoms with van der Waals surface area (Å²) < 4.78 is 11.1. The number of thiazole rings is 1. The van der Waals surface area contributed by atoms with Crippen LogP contribution in [0.5, 0.6) is 5.75 Å². The Hall–Kier alpha value is -4.10. The van der Waals surface area contributed by atoms with Gasteiger partial charge in [0.05, 0.1) is 11.5 Å². The number of benzene rings is 1. The van der Waals surface area contributed by atoms with Crippen molar-refractivity contribution in [3.05, 3.63) is 63.3 Å². The Kier molecular flexibility index (Phi) is 11.7. The van der Waals surface area contributed by atoms with Crippen molar-refractivity contribution < 1.29 is 24.0 Å². The zero-order valence-corrected chi connectivity index (χ0v) is 25.5. The molecule has 1 amide bonds. The average molecular weight is 599 g/mol. The second-order valence-electron chi connectivity index (χ2n) is 10.8. The van der Waals surface area contributed by atoms with E-state index in [4.69, 9.17) is 9.47 Å². The SMILES string of the molecule is CN(C)CCNC(=O)c1ccc([N+](=O)[O-])c(OCCCCCNc2cc(-c3nc(C(=O)OC(C)(C)C)cs3)ccn2)c1. The van der Waals surface area contributed by atoms with Crippen LogP contribution >= 0.6 is 11.3 Å². The maximum Gasteiger partial charge on any atom is 0.358 e. The van der Waals surface area contributed by atoms with Crippen molar-refractivity contribution in [2.45, 2.75) is 45.6 Å². The molecule has 0 radical (unpaired) electrons. The molecule has 0 saturated carbocycles. The number of hydrogen-bond donors (Lipinski definition) is 2. The van der Waals surface area contributed by atoms with E-state index in [9.17, 15) is 19.7 Å². The number of aromatic nitrogens is 2. The molecule has 0 bridgehead atoms. The van der Waals surface area contributed by atoms with Gasteiger partial charge < -0.3 is 25.0 Å². The molecule has 2 N–H and O–H groups in total. The van der Waals surface area contributed by atoms with Gasteiger partial charge in [-0.05, 0) is 72.3 Å². The minimum Gasteiger partial charge on any atom is -0.487 e. The first-order chi connectivity index (χ1) is 19.9. The normalized spacial score (nSPS) is 11.3. The molecule has 0 fully saturated rings. The number of unbranched alkanes of at least 4 members (excludes halogenated alkanes) is 2. The number of nitrogens with one attached hydrogen (secondary N) is 2. The third-order valence-electron chi connectivity index (χ3n) is 5.77. The van der Waals surface area contributed by atoms with Crippen molar-refractivity contribution in [3.63, 3.8) is 0 Å². The summed E-state index contributed by atoms with van der Waals surface area (Å²) in [5.74, 6) is 0.00831. The Morgan fingerprint density at radius 3 is 2.60 bits per heavy atom. The van der Waals surface area contributed by atoms with Gasteiger partial charge in [-0.1, -0.05) is 0 Å². The summed E-state index contributed by atoms with van der Waals surface area (Å²) in [6, 6.07) is 7.86. The molecule has 0 spiro atoms. The van der Waals surface area contributed by atoms with Crippen LogP contribution < -0.4 is 15.4 Å². The second-order valence-corrected chi connectivity index (χ2v) is 11.7. The first-order valence-electron chi connectivity index (χ1n) is 13.7. The maximum absolute atomic E-state index is 12.4. The molecule has 0 unspecified atom stereocenters. The number of carbonyl (C=O) groups is 2. The Morgan fingerprint density at radius 1 is 1.10 bits per heavy atom. The van der Waals surface area contributed by atoms with Crippen LogP contribution in [0.2, 0.25) is 0 Å². The molecule has 0 atom stereocenters. The number of amides is 1. The van der Waals surface area contributed by atoms with E-state index < -0.39 is 16.5 Å². The molecule has 1 aromatic carbocycles. The first-order valence-corrected chi connectivity index (χ1v) is 14.5. The van der Waals surface area contributed by atoms with Gasteiger partial charge in [-0.3, -0.25) is 14.9 Å². The Bertz CT molecular complexity index is 1370. The fourth-order valence-corrected chi connectivity index (χ4v) is 4.50. The van der Waals surface area contributed by atoms with Gasteiger partial charge in [0, 0.05) is 54.5 Å². The summed E-state index contributed by atoms with van der Waals surface area (Å²) in [5.41, 5.74) is 0.667. The quantitative estimate of drug-likeness (QED) is 0.106. The number of rotatable bonds is 15. The standard InChI is InChI=1S/C29H38N6O6S/c1-29(2,3)41-28(37)22-19-42-27(33-22)21-11-13-31-25(18-21)30-12-7-6-8-16-40-24-17-20(9-10-23(24)35(38)39)26(36)32-14-15-34(4)5/h9-11,13,17-19H,6-8,12,14-16H2,1-5H3,(H,30,31)(H,32,36). The van der Waals surface area contributed by atoms with Gasteiger partial charge in [-0.15, -0.1) is 11.3 Å². The summed E-state index contributed by atoms with van der Waals surface area (Å²) in [4.78, 5) is 46.3. The fourth-order valence-electron chi connectivity index (χ4n) is 3.71. The third-order valence-corrected chi connectivity index (χ3v) is 6.66. The van der Waals surface area contributed by atoms with Crippen LogP contribution in [0.15, 0.2) is 41.9 Å². The lowest BCUT2D eigenvalue weighted by atomic mass is 10.1. The van der Waals surface area contributed by atoms with E-state index in [0.717, 1.165) is 18.4 Å². The van der Waals surface area contributed by atoms with Gasteiger partial charge in [0.2, 0.25) is 0 Å². The van der Waals surface area contributed by atoms with E-state index in [0.29, 0.717) is 42.4 Å². The minimum atomic E-state index is -0.590. The molecule has 0 aliphatic rings. The lowest BCUT2D eigenvalue weighted by Gasteiger charge is -2.18. The fraction of sp³-hybridized carbons (Fsp3) is 0.448. The molecule has 2 heterocycles. The van der Waals surface area contributed by atoms with Gasteiger partial charge >= 0.3 is 11.7 Å². The molecule has 0 aliphatic heterocycles. The predicted molar refractivity (Wildman–Crippen MR) is 162 cm³/mol. The highest BCUT2D eigenvalue weighted by Gasteiger charge is 2.21. The number of anilines is 1. The molecular weight excluding hydrogens is 560 g/mol. The molecule has 42 heavy (non-hydrogen) atoms. The number of hydrogen-bond acceptors (Lipinski definition) is 11.